The predicted molar refractivity (Wildman–Crippen MR) is 80.3 cm³/mol. The number of ether oxygens (including phenoxy) is 1. The Morgan fingerprint density at radius 2 is 1.95 bits per heavy atom. The van der Waals surface area contributed by atoms with Crippen molar-refractivity contribution in [3.8, 4) is 5.75 Å². The van der Waals surface area contributed by atoms with Gasteiger partial charge in [-0.15, -0.1) is 0 Å². The van der Waals surface area contributed by atoms with Gasteiger partial charge in [0.15, 0.2) is 6.61 Å². The number of hydrogen-bond donors (Lipinski definition) is 3. The molecule has 0 fully saturated rings. The molecular weight excluding hydrogens is 272 g/mol. The van der Waals surface area contributed by atoms with Gasteiger partial charge in [0.25, 0.3) is 0 Å². The summed E-state index contributed by atoms with van der Waals surface area (Å²) in [5, 5.41) is 11.3. The second-order valence-corrected chi connectivity index (χ2v) is 4.71. The number of carboxylic acid groups (broad SMARTS) is 1. The topological polar surface area (TPSA) is 102 Å². The molecule has 0 radical (unpaired) electrons. The summed E-state index contributed by atoms with van der Waals surface area (Å²) >= 11 is 0. The first-order valence-corrected chi connectivity index (χ1v) is 7.06. The number of carboxylic acids is 1. The summed E-state index contributed by atoms with van der Waals surface area (Å²) in [5.74, 6) is -0.682. The van der Waals surface area contributed by atoms with E-state index in [0.717, 1.165) is 25.7 Å². The molecule has 0 atom stereocenters. The minimum Gasteiger partial charge on any atom is -0.482 e. The summed E-state index contributed by atoms with van der Waals surface area (Å²) in [7, 11) is 0. The normalized spacial score (nSPS) is 10.1. The van der Waals surface area contributed by atoms with Crippen LogP contribution in [0.3, 0.4) is 0 Å². The highest BCUT2D eigenvalue weighted by Gasteiger charge is 2.04. The van der Waals surface area contributed by atoms with Crippen molar-refractivity contribution in [2.75, 3.05) is 18.5 Å². The maximum Gasteiger partial charge on any atom is 0.341 e. The largest absolute Gasteiger partial charge is 0.482 e. The summed E-state index contributed by atoms with van der Waals surface area (Å²) < 4.78 is 5.05. The Labute approximate surface area is 124 Å². The molecule has 0 heterocycles. The van der Waals surface area contributed by atoms with Gasteiger partial charge in [-0.2, -0.15) is 0 Å². The number of unbranched alkanes of at least 4 members (excludes halogenated alkanes) is 3. The van der Waals surface area contributed by atoms with E-state index in [1.54, 1.807) is 24.3 Å². The molecule has 1 aromatic rings. The fourth-order valence-corrected chi connectivity index (χ4v) is 1.82. The molecule has 21 heavy (non-hydrogen) atoms. The van der Waals surface area contributed by atoms with E-state index in [1.165, 1.54) is 0 Å². The molecule has 0 aromatic heterocycles. The van der Waals surface area contributed by atoms with E-state index < -0.39 is 12.6 Å². The third-order valence-electron chi connectivity index (χ3n) is 2.84. The minimum atomic E-state index is -1.04. The molecule has 0 spiro atoms. The minimum absolute atomic E-state index is 0.0573. The first-order valence-electron chi connectivity index (χ1n) is 7.06. The molecule has 0 unspecified atom stereocenters. The van der Waals surface area contributed by atoms with Gasteiger partial charge in [0, 0.05) is 18.2 Å². The molecule has 0 saturated heterocycles. The van der Waals surface area contributed by atoms with Gasteiger partial charge in [-0.25, -0.2) is 4.79 Å². The van der Waals surface area contributed by atoms with Crippen molar-refractivity contribution in [3.63, 3.8) is 0 Å². The smallest absolute Gasteiger partial charge is 0.341 e. The number of carbonyl (C=O) groups is 2. The third-order valence-corrected chi connectivity index (χ3v) is 2.84. The zero-order chi connectivity index (χ0) is 15.5. The van der Waals surface area contributed by atoms with E-state index in [-0.39, 0.29) is 5.91 Å². The van der Waals surface area contributed by atoms with Gasteiger partial charge in [0.05, 0.1) is 0 Å². The average Bonchev–Trinajstić information content (AvgIpc) is 2.45. The van der Waals surface area contributed by atoms with Crippen LogP contribution in [0.25, 0.3) is 0 Å². The number of aliphatic carboxylic acids is 1. The number of anilines is 1. The van der Waals surface area contributed by atoms with Crippen LogP contribution in [-0.2, 0) is 9.59 Å². The molecule has 6 heteroatoms. The van der Waals surface area contributed by atoms with Crippen molar-refractivity contribution < 1.29 is 19.4 Å². The Balaban J connectivity index is 2.34. The highest BCUT2D eigenvalue weighted by molar-refractivity contribution is 5.90. The van der Waals surface area contributed by atoms with Crippen molar-refractivity contribution in [3.05, 3.63) is 24.3 Å². The Morgan fingerprint density at radius 3 is 2.67 bits per heavy atom. The van der Waals surface area contributed by atoms with Crippen molar-refractivity contribution >= 4 is 17.6 Å². The SMILES string of the molecule is NCCCCCCC(=O)Nc1cccc(OCC(=O)O)c1. The van der Waals surface area contributed by atoms with Crippen LogP contribution in [0.1, 0.15) is 32.1 Å². The van der Waals surface area contributed by atoms with Crippen LogP contribution in [-0.4, -0.2) is 30.1 Å². The van der Waals surface area contributed by atoms with Gasteiger partial charge in [-0.1, -0.05) is 18.9 Å². The number of amides is 1. The van der Waals surface area contributed by atoms with E-state index in [4.69, 9.17) is 15.6 Å². The summed E-state index contributed by atoms with van der Waals surface area (Å²) in [4.78, 5) is 22.2. The average molecular weight is 294 g/mol. The highest BCUT2D eigenvalue weighted by atomic mass is 16.5. The second-order valence-electron chi connectivity index (χ2n) is 4.71. The van der Waals surface area contributed by atoms with E-state index in [9.17, 15) is 9.59 Å². The van der Waals surface area contributed by atoms with Crippen LogP contribution >= 0.6 is 0 Å². The quantitative estimate of drug-likeness (QED) is 0.573. The summed E-state index contributed by atoms with van der Waals surface area (Å²) in [6, 6.07) is 6.69. The number of hydrogen-bond acceptors (Lipinski definition) is 4. The lowest BCUT2D eigenvalue weighted by Crippen LogP contribution is -2.12. The fraction of sp³-hybridized carbons (Fsp3) is 0.467. The lowest BCUT2D eigenvalue weighted by Gasteiger charge is -2.08. The van der Waals surface area contributed by atoms with Gasteiger partial charge in [-0.3, -0.25) is 4.79 Å². The molecule has 0 aliphatic carbocycles. The van der Waals surface area contributed by atoms with Gasteiger partial charge in [-0.05, 0) is 31.5 Å². The molecule has 1 amide bonds. The molecule has 0 bridgehead atoms. The molecule has 1 aromatic carbocycles. The van der Waals surface area contributed by atoms with Gasteiger partial charge in [0.2, 0.25) is 5.91 Å². The highest BCUT2D eigenvalue weighted by Crippen LogP contribution is 2.17. The zero-order valence-electron chi connectivity index (χ0n) is 12.0. The number of benzene rings is 1. The molecule has 4 N–H and O–H groups in total. The summed E-state index contributed by atoms with van der Waals surface area (Å²) in [6.45, 7) is 0.286. The number of carbonyl (C=O) groups excluding carboxylic acids is 1. The Kier molecular flexibility index (Phi) is 7.89. The Bertz CT molecular complexity index is 463. The first kappa shape index (κ1) is 17.0. The Hall–Kier alpha value is -2.08. The standard InChI is InChI=1S/C15H22N2O4/c16-9-4-2-1-3-8-14(18)17-12-6-5-7-13(10-12)21-11-15(19)20/h5-7,10H,1-4,8-9,11,16H2,(H,17,18)(H,19,20). The molecule has 0 aliphatic heterocycles. The van der Waals surface area contributed by atoms with Gasteiger partial charge < -0.3 is 20.9 Å². The second kappa shape index (κ2) is 9.77. The van der Waals surface area contributed by atoms with Crippen molar-refractivity contribution in [2.45, 2.75) is 32.1 Å². The predicted octanol–water partition coefficient (Wildman–Crippen LogP) is 2.00. The lowest BCUT2D eigenvalue weighted by atomic mass is 10.1. The van der Waals surface area contributed by atoms with Crippen LogP contribution in [0.5, 0.6) is 5.75 Å². The van der Waals surface area contributed by atoms with E-state index in [0.29, 0.717) is 24.4 Å². The zero-order valence-corrected chi connectivity index (χ0v) is 12.0. The monoisotopic (exact) mass is 294 g/mol. The molecular formula is C15H22N2O4. The third kappa shape index (κ3) is 7.94. The van der Waals surface area contributed by atoms with Crippen LogP contribution in [0.15, 0.2) is 24.3 Å². The maximum atomic E-state index is 11.8. The van der Waals surface area contributed by atoms with Crippen molar-refractivity contribution in [2.24, 2.45) is 5.73 Å². The molecule has 6 nitrogen and oxygen atoms in total. The van der Waals surface area contributed by atoms with Gasteiger partial charge in [0.1, 0.15) is 5.75 Å². The number of nitrogens with two attached hydrogens (primary N) is 1. The van der Waals surface area contributed by atoms with E-state index in [1.807, 2.05) is 0 Å². The summed E-state index contributed by atoms with van der Waals surface area (Å²) in [6.07, 6.45) is 4.32. The van der Waals surface area contributed by atoms with E-state index >= 15 is 0 Å². The fourth-order valence-electron chi connectivity index (χ4n) is 1.82. The van der Waals surface area contributed by atoms with Crippen LogP contribution in [0, 0.1) is 0 Å². The van der Waals surface area contributed by atoms with Crippen molar-refractivity contribution in [1.29, 1.82) is 0 Å². The van der Waals surface area contributed by atoms with Crippen LogP contribution in [0.2, 0.25) is 0 Å². The van der Waals surface area contributed by atoms with E-state index in [2.05, 4.69) is 5.32 Å². The van der Waals surface area contributed by atoms with Gasteiger partial charge >= 0.3 is 5.97 Å². The van der Waals surface area contributed by atoms with Crippen molar-refractivity contribution in [1.82, 2.24) is 0 Å². The molecule has 116 valence electrons. The molecule has 1 rings (SSSR count). The summed E-state index contributed by atoms with van der Waals surface area (Å²) in [5.41, 5.74) is 6.00. The Morgan fingerprint density at radius 1 is 1.19 bits per heavy atom. The maximum absolute atomic E-state index is 11.8. The van der Waals surface area contributed by atoms with Crippen LogP contribution < -0.4 is 15.8 Å². The lowest BCUT2D eigenvalue weighted by molar-refractivity contribution is -0.139. The first-order chi connectivity index (χ1) is 10.1. The number of rotatable bonds is 10. The molecule has 0 saturated carbocycles. The van der Waals surface area contributed by atoms with Crippen LogP contribution in [0.4, 0.5) is 5.69 Å². The number of nitrogens with one attached hydrogen (secondary N) is 1. The molecule has 0 aliphatic rings.